The van der Waals surface area contributed by atoms with E-state index < -0.39 is 0 Å². The molecule has 8 aromatic rings. The van der Waals surface area contributed by atoms with Crippen molar-refractivity contribution in [2.75, 3.05) is 4.90 Å². The molecule has 0 aliphatic rings. The molecule has 198 valence electrons. The summed E-state index contributed by atoms with van der Waals surface area (Å²) in [4.78, 5) is 6.52. The fourth-order valence-electron chi connectivity index (χ4n) is 5.81. The van der Waals surface area contributed by atoms with E-state index in [1.54, 1.807) is 6.20 Å². The first kappa shape index (κ1) is 24.2. The molecule has 0 aliphatic heterocycles. The van der Waals surface area contributed by atoms with Gasteiger partial charge >= 0.3 is 0 Å². The minimum absolute atomic E-state index is 0.795. The number of nitrogens with zero attached hydrogens (tertiary/aromatic N) is 2. The fraction of sp³-hybridized carbons (Fsp3) is 0. The van der Waals surface area contributed by atoms with Crippen LogP contribution in [-0.2, 0) is 0 Å². The second-order valence-electron chi connectivity index (χ2n) is 10.5. The van der Waals surface area contributed by atoms with Crippen LogP contribution in [0.2, 0.25) is 0 Å². The zero-order chi connectivity index (χ0) is 27.9. The number of furan rings is 1. The Kier molecular flexibility index (Phi) is 5.79. The van der Waals surface area contributed by atoms with Crippen LogP contribution in [0.1, 0.15) is 0 Å². The van der Waals surface area contributed by atoms with E-state index in [0.29, 0.717) is 0 Å². The summed E-state index contributed by atoms with van der Waals surface area (Å²) in [6.07, 6.45) is 3.59. The normalized spacial score (nSPS) is 11.3. The third-order valence-electron chi connectivity index (χ3n) is 7.96. The second kappa shape index (κ2) is 10.1. The maximum Gasteiger partial charge on any atom is 0.153 e. The summed E-state index contributed by atoms with van der Waals surface area (Å²) in [5, 5.41) is 4.65. The maximum atomic E-state index is 6.21. The predicted molar refractivity (Wildman–Crippen MR) is 175 cm³/mol. The summed E-state index contributed by atoms with van der Waals surface area (Å²) in [7, 11) is 0. The standard InChI is InChI=1S/C39H26N2O/c1-2-6-27(7-3-1)29-12-16-33(17-13-29)41(35-20-21-36-37-22-23-40-26-39(37)42-38(36)25-35)34-18-14-30(15-19-34)32-11-10-28-8-4-5-9-31(28)24-32/h1-26H. The highest BCUT2D eigenvalue weighted by Crippen LogP contribution is 2.39. The zero-order valence-electron chi connectivity index (χ0n) is 22.8. The van der Waals surface area contributed by atoms with Gasteiger partial charge in [0.25, 0.3) is 0 Å². The van der Waals surface area contributed by atoms with Crippen molar-refractivity contribution in [3.05, 3.63) is 158 Å². The molecule has 0 amide bonds. The Labute approximate surface area is 243 Å². The lowest BCUT2D eigenvalue weighted by atomic mass is 10.0. The molecule has 0 N–H and O–H groups in total. The molecule has 3 nitrogen and oxygen atoms in total. The molecule has 0 radical (unpaired) electrons. The molecule has 0 saturated carbocycles. The number of aromatic nitrogens is 1. The number of hydrogen-bond donors (Lipinski definition) is 0. The van der Waals surface area contributed by atoms with Gasteiger partial charge in [-0.25, -0.2) is 0 Å². The molecule has 0 atom stereocenters. The van der Waals surface area contributed by atoms with Crippen LogP contribution in [0.5, 0.6) is 0 Å². The Balaban J connectivity index is 1.22. The van der Waals surface area contributed by atoms with Gasteiger partial charge in [-0.1, -0.05) is 91.0 Å². The number of hydrogen-bond acceptors (Lipinski definition) is 3. The van der Waals surface area contributed by atoms with Crippen molar-refractivity contribution in [3.8, 4) is 22.3 Å². The molecular formula is C39H26N2O. The molecule has 0 unspecified atom stereocenters. The molecule has 0 aliphatic carbocycles. The topological polar surface area (TPSA) is 29.3 Å². The molecular weight excluding hydrogens is 512 g/mol. The monoisotopic (exact) mass is 538 g/mol. The average Bonchev–Trinajstić information content (AvgIpc) is 3.44. The first-order chi connectivity index (χ1) is 20.8. The van der Waals surface area contributed by atoms with E-state index in [4.69, 9.17) is 4.42 Å². The van der Waals surface area contributed by atoms with Crippen molar-refractivity contribution in [2.45, 2.75) is 0 Å². The van der Waals surface area contributed by atoms with Crippen LogP contribution in [0.15, 0.2) is 162 Å². The summed E-state index contributed by atoms with van der Waals surface area (Å²) < 4.78 is 6.21. The lowest BCUT2D eigenvalue weighted by Crippen LogP contribution is -2.09. The highest BCUT2D eigenvalue weighted by atomic mass is 16.3. The molecule has 6 aromatic carbocycles. The number of benzene rings is 6. The van der Waals surface area contributed by atoms with E-state index in [2.05, 4.69) is 143 Å². The third-order valence-corrected chi connectivity index (χ3v) is 7.96. The Morgan fingerprint density at radius 1 is 0.429 bits per heavy atom. The van der Waals surface area contributed by atoms with E-state index in [-0.39, 0.29) is 0 Å². The first-order valence-corrected chi connectivity index (χ1v) is 14.1. The van der Waals surface area contributed by atoms with E-state index in [0.717, 1.165) is 39.0 Å². The number of rotatable bonds is 5. The number of anilines is 3. The van der Waals surface area contributed by atoms with Crippen LogP contribution in [0.25, 0.3) is 55.0 Å². The van der Waals surface area contributed by atoms with Gasteiger partial charge in [-0.3, -0.25) is 4.98 Å². The fourth-order valence-corrected chi connectivity index (χ4v) is 5.81. The largest absolute Gasteiger partial charge is 0.454 e. The molecule has 0 bridgehead atoms. The van der Waals surface area contributed by atoms with Crippen molar-refractivity contribution < 1.29 is 4.42 Å². The van der Waals surface area contributed by atoms with Gasteiger partial charge in [-0.15, -0.1) is 0 Å². The third kappa shape index (κ3) is 4.29. The molecule has 3 heteroatoms. The highest BCUT2D eigenvalue weighted by Gasteiger charge is 2.16. The summed E-state index contributed by atoms with van der Waals surface area (Å²) >= 11 is 0. The second-order valence-corrected chi connectivity index (χ2v) is 10.5. The molecule has 8 rings (SSSR count). The molecule has 42 heavy (non-hydrogen) atoms. The van der Waals surface area contributed by atoms with Crippen LogP contribution < -0.4 is 4.90 Å². The summed E-state index contributed by atoms with van der Waals surface area (Å²) in [6.45, 7) is 0. The minimum atomic E-state index is 0.795. The maximum absolute atomic E-state index is 6.21. The Morgan fingerprint density at radius 3 is 1.79 bits per heavy atom. The quantitative estimate of drug-likeness (QED) is 0.218. The first-order valence-electron chi connectivity index (χ1n) is 14.1. The van der Waals surface area contributed by atoms with Gasteiger partial charge in [0.2, 0.25) is 0 Å². The zero-order valence-corrected chi connectivity index (χ0v) is 22.8. The van der Waals surface area contributed by atoms with Crippen LogP contribution in [0.4, 0.5) is 17.1 Å². The molecule has 2 heterocycles. The van der Waals surface area contributed by atoms with Crippen LogP contribution in [-0.4, -0.2) is 4.98 Å². The van der Waals surface area contributed by atoms with Crippen molar-refractivity contribution in [1.29, 1.82) is 0 Å². The van der Waals surface area contributed by atoms with Gasteiger partial charge < -0.3 is 9.32 Å². The van der Waals surface area contributed by atoms with E-state index in [9.17, 15) is 0 Å². The van der Waals surface area contributed by atoms with Crippen molar-refractivity contribution in [3.63, 3.8) is 0 Å². The predicted octanol–water partition coefficient (Wildman–Crippen LogP) is 10.9. The Hall–Kier alpha value is -5.67. The lowest BCUT2D eigenvalue weighted by molar-refractivity contribution is 0.667. The summed E-state index contributed by atoms with van der Waals surface area (Å²) in [5.41, 5.74) is 9.59. The van der Waals surface area contributed by atoms with Crippen LogP contribution in [0, 0.1) is 0 Å². The van der Waals surface area contributed by atoms with Gasteiger partial charge in [-0.05, 0) is 81.6 Å². The van der Waals surface area contributed by atoms with Gasteiger partial charge in [0.1, 0.15) is 5.58 Å². The van der Waals surface area contributed by atoms with Crippen molar-refractivity contribution >= 4 is 49.8 Å². The Morgan fingerprint density at radius 2 is 1.02 bits per heavy atom. The van der Waals surface area contributed by atoms with E-state index in [1.807, 2.05) is 18.3 Å². The number of pyridine rings is 1. The average molecular weight is 539 g/mol. The van der Waals surface area contributed by atoms with E-state index in [1.165, 1.54) is 33.0 Å². The summed E-state index contributed by atoms with van der Waals surface area (Å²) in [5.74, 6) is 0. The smallest absolute Gasteiger partial charge is 0.153 e. The summed E-state index contributed by atoms with van der Waals surface area (Å²) in [6, 6.07) is 51.6. The highest BCUT2D eigenvalue weighted by molar-refractivity contribution is 6.05. The Bertz CT molecular complexity index is 2180. The molecule has 2 aromatic heterocycles. The van der Waals surface area contributed by atoms with Gasteiger partial charge in [-0.2, -0.15) is 0 Å². The van der Waals surface area contributed by atoms with Gasteiger partial charge in [0, 0.05) is 40.1 Å². The van der Waals surface area contributed by atoms with Crippen LogP contribution >= 0.6 is 0 Å². The van der Waals surface area contributed by atoms with Crippen LogP contribution in [0.3, 0.4) is 0 Å². The number of fused-ring (bicyclic) bond motifs is 4. The molecule has 0 saturated heterocycles. The minimum Gasteiger partial charge on any atom is -0.454 e. The van der Waals surface area contributed by atoms with Gasteiger partial charge in [0.05, 0.1) is 6.20 Å². The SMILES string of the molecule is c1ccc(-c2ccc(N(c3ccc(-c4ccc5ccccc5c4)cc3)c3ccc4c(c3)oc3cnccc34)cc2)cc1. The van der Waals surface area contributed by atoms with Crippen molar-refractivity contribution in [2.24, 2.45) is 0 Å². The lowest BCUT2D eigenvalue weighted by Gasteiger charge is -2.26. The van der Waals surface area contributed by atoms with E-state index >= 15 is 0 Å². The molecule has 0 fully saturated rings. The molecule has 0 spiro atoms. The van der Waals surface area contributed by atoms with Crippen molar-refractivity contribution in [1.82, 2.24) is 4.98 Å². The van der Waals surface area contributed by atoms with Gasteiger partial charge in [0.15, 0.2) is 5.58 Å².